The van der Waals surface area contributed by atoms with E-state index in [1.165, 1.54) is 0 Å². The zero-order valence-electron chi connectivity index (χ0n) is 10.1. The van der Waals surface area contributed by atoms with Crippen molar-refractivity contribution in [2.24, 2.45) is 0 Å². The van der Waals surface area contributed by atoms with Crippen LogP contribution in [0.3, 0.4) is 0 Å². The summed E-state index contributed by atoms with van der Waals surface area (Å²) < 4.78 is 0. The maximum atomic E-state index is 12.5. The minimum Gasteiger partial charge on any atom is -0.391 e. The lowest BCUT2D eigenvalue weighted by atomic mass is 9.94. The summed E-state index contributed by atoms with van der Waals surface area (Å²) in [6, 6.07) is 7.56. The zero-order valence-corrected chi connectivity index (χ0v) is 10.9. The molecule has 1 N–H and O–H groups in total. The fraction of sp³-hybridized carbons (Fsp3) is 0.500. The number of nitrogens with zero attached hydrogens (tertiary/aromatic N) is 1. The van der Waals surface area contributed by atoms with Crippen molar-refractivity contribution in [2.75, 3.05) is 13.1 Å². The highest BCUT2D eigenvalue weighted by atomic mass is 35.5. The van der Waals surface area contributed by atoms with E-state index >= 15 is 0 Å². The van der Waals surface area contributed by atoms with Gasteiger partial charge in [-0.2, -0.15) is 0 Å². The normalized spacial score (nSPS) is 25.2. The minimum absolute atomic E-state index is 0.168. The Bertz CT molecular complexity index is 467. The Labute approximate surface area is 111 Å². The van der Waals surface area contributed by atoms with Crippen LogP contribution in [0.2, 0.25) is 5.02 Å². The number of halogens is 1. The number of likely N-dealkylation sites (tertiary alicyclic amines) is 1. The average Bonchev–Trinajstić information content (AvgIpc) is 3.06. The second kappa shape index (κ2) is 4.25. The summed E-state index contributed by atoms with van der Waals surface area (Å²) in [6.07, 6.45) is 2.15. The molecule has 96 valence electrons. The highest BCUT2D eigenvalue weighted by Gasteiger charge is 2.53. The topological polar surface area (TPSA) is 40.5 Å². The van der Waals surface area contributed by atoms with Gasteiger partial charge in [-0.1, -0.05) is 23.7 Å². The fourth-order valence-electron chi connectivity index (χ4n) is 2.75. The number of aliphatic hydroxyl groups is 1. The third-order valence-electron chi connectivity index (χ3n) is 4.01. The van der Waals surface area contributed by atoms with Crippen LogP contribution in [0.25, 0.3) is 0 Å². The molecule has 0 spiro atoms. The molecule has 3 nitrogen and oxygen atoms in total. The SMILES string of the molecule is O=C(N1CCC(O)C1)C1(c2ccc(Cl)cc2)CC1. The number of amides is 1. The molecule has 1 aliphatic heterocycles. The summed E-state index contributed by atoms with van der Waals surface area (Å²) in [5, 5.41) is 10.2. The first-order valence-corrected chi connectivity index (χ1v) is 6.73. The molecule has 1 aromatic rings. The maximum Gasteiger partial charge on any atom is 0.233 e. The Morgan fingerprint density at radius 2 is 2.00 bits per heavy atom. The van der Waals surface area contributed by atoms with E-state index in [0.29, 0.717) is 24.5 Å². The molecule has 1 aliphatic carbocycles. The van der Waals surface area contributed by atoms with E-state index in [1.54, 1.807) is 4.90 Å². The highest BCUT2D eigenvalue weighted by molar-refractivity contribution is 6.30. The molecule has 1 heterocycles. The first-order valence-electron chi connectivity index (χ1n) is 6.35. The predicted molar refractivity (Wildman–Crippen MR) is 69.6 cm³/mol. The summed E-state index contributed by atoms with van der Waals surface area (Å²) >= 11 is 5.88. The number of hydrogen-bond donors (Lipinski definition) is 1. The quantitative estimate of drug-likeness (QED) is 0.888. The van der Waals surface area contributed by atoms with Crippen molar-refractivity contribution in [2.45, 2.75) is 30.8 Å². The summed E-state index contributed by atoms with van der Waals surface area (Å²) in [7, 11) is 0. The lowest BCUT2D eigenvalue weighted by molar-refractivity contribution is -0.133. The lowest BCUT2D eigenvalue weighted by Crippen LogP contribution is -2.38. The Morgan fingerprint density at radius 3 is 2.50 bits per heavy atom. The standard InChI is InChI=1S/C14H16ClNO2/c15-11-3-1-10(2-4-11)14(6-7-14)13(18)16-8-5-12(17)9-16/h1-4,12,17H,5-9H2. The molecule has 2 fully saturated rings. The molecule has 2 aliphatic rings. The number of carbonyl (C=O) groups excluding carboxylic acids is 1. The first-order chi connectivity index (χ1) is 8.62. The average molecular weight is 266 g/mol. The van der Waals surface area contributed by atoms with Gasteiger partial charge >= 0.3 is 0 Å². The molecule has 0 radical (unpaired) electrons. The van der Waals surface area contributed by atoms with Crippen LogP contribution in [-0.4, -0.2) is 35.1 Å². The van der Waals surface area contributed by atoms with Gasteiger partial charge in [0, 0.05) is 18.1 Å². The van der Waals surface area contributed by atoms with Crippen LogP contribution in [0.15, 0.2) is 24.3 Å². The predicted octanol–water partition coefficient (Wildman–Crippen LogP) is 1.96. The van der Waals surface area contributed by atoms with Gasteiger partial charge in [-0.3, -0.25) is 4.79 Å². The van der Waals surface area contributed by atoms with E-state index in [9.17, 15) is 9.90 Å². The lowest BCUT2D eigenvalue weighted by Gasteiger charge is -2.23. The van der Waals surface area contributed by atoms with Crippen molar-refractivity contribution in [3.8, 4) is 0 Å². The van der Waals surface area contributed by atoms with E-state index in [-0.39, 0.29) is 17.4 Å². The smallest absolute Gasteiger partial charge is 0.233 e. The fourth-order valence-corrected chi connectivity index (χ4v) is 2.87. The van der Waals surface area contributed by atoms with Crippen LogP contribution >= 0.6 is 11.6 Å². The number of hydrogen-bond acceptors (Lipinski definition) is 2. The Hall–Kier alpha value is -1.06. The van der Waals surface area contributed by atoms with E-state index in [4.69, 9.17) is 11.6 Å². The summed E-state index contributed by atoms with van der Waals surface area (Å²) in [5.74, 6) is 0.168. The molecular formula is C14H16ClNO2. The molecule has 1 saturated carbocycles. The number of carbonyl (C=O) groups is 1. The van der Waals surface area contributed by atoms with Crippen LogP contribution in [0, 0.1) is 0 Å². The summed E-state index contributed by atoms with van der Waals surface area (Å²) in [6.45, 7) is 1.16. The third-order valence-corrected chi connectivity index (χ3v) is 4.26. The molecule has 18 heavy (non-hydrogen) atoms. The van der Waals surface area contributed by atoms with E-state index in [2.05, 4.69) is 0 Å². The van der Waals surface area contributed by atoms with E-state index < -0.39 is 0 Å². The largest absolute Gasteiger partial charge is 0.391 e. The van der Waals surface area contributed by atoms with Gasteiger partial charge in [-0.25, -0.2) is 0 Å². The van der Waals surface area contributed by atoms with Gasteiger partial charge < -0.3 is 10.0 Å². The van der Waals surface area contributed by atoms with Crippen LogP contribution in [0.5, 0.6) is 0 Å². The van der Waals surface area contributed by atoms with Crippen molar-refractivity contribution in [3.05, 3.63) is 34.9 Å². The van der Waals surface area contributed by atoms with Crippen molar-refractivity contribution in [3.63, 3.8) is 0 Å². The second-order valence-corrected chi connectivity index (χ2v) is 5.72. The molecule has 4 heteroatoms. The monoisotopic (exact) mass is 265 g/mol. The first kappa shape index (κ1) is 12.0. The molecular weight excluding hydrogens is 250 g/mol. The van der Waals surface area contributed by atoms with Gasteiger partial charge in [0.1, 0.15) is 0 Å². The van der Waals surface area contributed by atoms with Crippen LogP contribution in [0.4, 0.5) is 0 Å². The molecule has 1 aromatic carbocycles. The van der Waals surface area contributed by atoms with Gasteiger partial charge in [0.15, 0.2) is 0 Å². The molecule has 0 bridgehead atoms. The Balaban J connectivity index is 1.82. The third kappa shape index (κ3) is 1.91. The molecule has 0 aromatic heterocycles. The van der Waals surface area contributed by atoms with Crippen molar-refractivity contribution >= 4 is 17.5 Å². The van der Waals surface area contributed by atoms with Gasteiger partial charge in [0.05, 0.1) is 11.5 Å². The number of rotatable bonds is 2. The molecule has 1 unspecified atom stereocenters. The maximum absolute atomic E-state index is 12.5. The van der Waals surface area contributed by atoms with Crippen molar-refractivity contribution in [1.29, 1.82) is 0 Å². The summed E-state index contributed by atoms with van der Waals surface area (Å²) in [4.78, 5) is 14.3. The molecule has 1 atom stereocenters. The van der Waals surface area contributed by atoms with Crippen LogP contribution in [-0.2, 0) is 10.2 Å². The van der Waals surface area contributed by atoms with Crippen LogP contribution < -0.4 is 0 Å². The molecule has 1 amide bonds. The molecule has 3 rings (SSSR count). The number of aliphatic hydroxyl groups excluding tert-OH is 1. The number of benzene rings is 1. The van der Waals surface area contributed by atoms with Crippen molar-refractivity contribution < 1.29 is 9.90 Å². The minimum atomic E-state index is -0.352. The Kier molecular flexibility index (Phi) is 2.83. The number of β-amino-alcohol motifs (C(OH)–C–C–N with tert-alkyl or cyclic N) is 1. The highest BCUT2D eigenvalue weighted by Crippen LogP contribution is 2.50. The zero-order chi connectivity index (χ0) is 12.8. The van der Waals surface area contributed by atoms with Gasteiger partial charge in [0.25, 0.3) is 0 Å². The van der Waals surface area contributed by atoms with E-state index in [0.717, 1.165) is 18.4 Å². The second-order valence-electron chi connectivity index (χ2n) is 5.28. The van der Waals surface area contributed by atoms with E-state index in [1.807, 2.05) is 24.3 Å². The van der Waals surface area contributed by atoms with Crippen LogP contribution in [0.1, 0.15) is 24.8 Å². The Morgan fingerprint density at radius 1 is 1.33 bits per heavy atom. The molecule has 1 saturated heterocycles. The van der Waals surface area contributed by atoms with Crippen molar-refractivity contribution in [1.82, 2.24) is 4.90 Å². The summed E-state index contributed by atoms with van der Waals surface area (Å²) in [5.41, 5.74) is 0.715. The van der Waals surface area contributed by atoms with Gasteiger partial charge in [0.2, 0.25) is 5.91 Å². The van der Waals surface area contributed by atoms with Gasteiger partial charge in [-0.15, -0.1) is 0 Å². The van der Waals surface area contributed by atoms with Gasteiger partial charge in [-0.05, 0) is 37.0 Å².